The molecule has 1 spiro atoms. The molecule has 3 fully saturated rings. The number of hydrogen-bond donors (Lipinski definition) is 0. The highest BCUT2D eigenvalue weighted by molar-refractivity contribution is 5.18. The lowest BCUT2D eigenvalue weighted by Gasteiger charge is -2.30. The first-order chi connectivity index (χ1) is 7.21. The molecule has 3 atom stereocenters. The Hall–Kier alpha value is -0.110. The molecular weight excluding hydrogens is 189 g/mol. The summed E-state index contributed by atoms with van der Waals surface area (Å²) in [6.07, 6.45) is 5.41. The van der Waals surface area contributed by atoms with E-state index in [0.29, 0.717) is 5.54 Å². The standard InChI is InChI=1S/C11H18FN.C2H6/c1-2-11-4-3-5-13(11)8-10(7-11)6-9(10)12;1-2/h9H,2-8H2,1H3;1-2H3/t9-,10-,11+;/m1./s1. The SMILES string of the molecule is CC.CC[C@@]12CCCN1C[C@@]1(C[C@H]1F)C2. The molecule has 1 nitrogen and oxygen atoms in total. The van der Waals surface area contributed by atoms with E-state index in [1.165, 1.54) is 25.8 Å². The lowest BCUT2D eigenvalue weighted by Crippen LogP contribution is -2.37. The van der Waals surface area contributed by atoms with E-state index < -0.39 is 6.17 Å². The van der Waals surface area contributed by atoms with Crippen molar-refractivity contribution in [2.75, 3.05) is 13.1 Å². The molecule has 0 aromatic rings. The third-order valence-electron chi connectivity index (χ3n) is 4.68. The van der Waals surface area contributed by atoms with Crippen LogP contribution in [0, 0.1) is 5.41 Å². The molecule has 0 bridgehead atoms. The van der Waals surface area contributed by atoms with Crippen molar-refractivity contribution in [2.24, 2.45) is 5.41 Å². The summed E-state index contributed by atoms with van der Waals surface area (Å²) in [6, 6.07) is 0. The molecule has 0 unspecified atom stereocenters. The molecule has 15 heavy (non-hydrogen) atoms. The quantitative estimate of drug-likeness (QED) is 0.645. The van der Waals surface area contributed by atoms with E-state index in [-0.39, 0.29) is 5.41 Å². The van der Waals surface area contributed by atoms with Crippen molar-refractivity contribution in [1.29, 1.82) is 0 Å². The van der Waals surface area contributed by atoms with Crippen LogP contribution >= 0.6 is 0 Å². The first-order valence-corrected chi connectivity index (χ1v) is 6.60. The number of alkyl halides is 1. The number of rotatable bonds is 1. The maximum atomic E-state index is 13.3. The molecule has 3 aliphatic rings. The summed E-state index contributed by atoms with van der Waals surface area (Å²) in [5.74, 6) is 0. The Bertz CT molecular complexity index is 243. The van der Waals surface area contributed by atoms with Crippen LogP contribution in [0.25, 0.3) is 0 Å². The molecule has 1 saturated carbocycles. The summed E-state index contributed by atoms with van der Waals surface area (Å²) < 4.78 is 13.3. The predicted octanol–water partition coefficient (Wildman–Crippen LogP) is 3.39. The third-order valence-corrected chi connectivity index (χ3v) is 4.68. The number of fused-ring (bicyclic) bond motifs is 1. The van der Waals surface area contributed by atoms with Gasteiger partial charge in [0.2, 0.25) is 0 Å². The number of halogens is 1. The van der Waals surface area contributed by atoms with Gasteiger partial charge in [0, 0.05) is 17.5 Å². The van der Waals surface area contributed by atoms with Gasteiger partial charge in [0.25, 0.3) is 0 Å². The number of nitrogens with zero attached hydrogens (tertiary/aromatic N) is 1. The van der Waals surface area contributed by atoms with Crippen LogP contribution in [0.2, 0.25) is 0 Å². The Morgan fingerprint density at radius 1 is 1.40 bits per heavy atom. The van der Waals surface area contributed by atoms with Crippen molar-refractivity contribution in [1.82, 2.24) is 4.90 Å². The fourth-order valence-electron chi connectivity index (χ4n) is 3.70. The Kier molecular flexibility index (Phi) is 2.83. The fraction of sp³-hybridized carbons (Fsp3) is 1.00. The van der Waals surface area contributed by atoms with Crippen molar-refractivity contribution in [3.8, 4) is 0 Å². The van der Waals surface area contributed by atoms with Crippen molar-refractivity contribution in [3.63, 3.8) is 0 Å². The highest BCUT2D eigenvalue weighted by atomic mass is 19.1. The van der Waals surface area contributed by atoms with E-state index >= 15 is 0 Å². The smallest absolute Gasteiger partial charge is 0.108 e. The largest absolute Gasteiger partial charge is 0.297 e. The minimum absolute atomic E-state index is 0.121. The molecule has 2 heterocycles. The molecular formula is C13H24FN. The van der Waals surface area contributed by atoms with E-state index in [1.807, 2.05) is 13.8 Å². The van der Waals surface area contributed by atoms with Crippen LogP contribution in [0.15, 0.2) is 0 Å². The zero-order valence-corrected chi connectivity index (χ0v) is 10.4. The van der Waals surface area contributed by atoms with Gasteiger partial charge in [0.1, 0.15) is 6.17 Å². The van der Waals surface area contributed by atoms with Gasteiger partial charge in [-0.15, -0.1) is 0 Å². The van der Waals surface area contributed by atoms with Gasteiger partial charge in [-0.25, -0.2) is 4.39 Å². The van der Waals surface area contributed by atoms with Crippen LogP contribution < -0.4 is 0 Å². The zero-order chi connectivity index (χ0) is 11.1. The van der Waals surface area contributed by atoms with Crippen LogP contribution in [-0.2, 0) is 0 Å². The topological polar surface area (TPSA) is 3.24 Å². The van der Waals surface area contributed by atoms with Gasteiger partial charge in [-0.2, -0.15) is 0 Å². The highest BCUT2D eigenvalue weighted by Crippen LogP contribution is 2.62. The summed E-state index contributed by atoms with van der Waals surface area (Å²) in [4.78, 5) is 2.58. The second kappa shape index (κ2) is 3.73. The normalized spacial score (nSPS) is 47.6. The maximum absolute atomic E-state index is 13.3. The van der Waals surface area contributed by atoms with Gasteiger partial charge in [-0.1, -0.05) is 20.8 Å². The van der Waals surface area contributed by atoms with Gasteiger partial charge in [0.05, 0.1) is 0 Å². The lowest BCUT2D eigenvalue weighted by molar-refractivity contribution is 0.189. The fourth-order valence-corrected chi connectivity index (χ4v) is 3.70. The van der Waals surface area contributed by atoms with Gasteiger partial charge in [-0.3, -0.25) is 4.90 Å². The molecule has 0 aromatic heterocycles. The molecule has 88 valence electrons. The second-order valence-electron chi connectivity index (χ2n) is 5.31. The molecule has 0 N–H and O–H groups in total. The molecule has 2 saturated heterocycles. The summed E-state index contributed by atoms with van der Waals surface area (Å²) in [5.41, 5.74) is 0.539. The Labute approximate surface area is 93.0 Å². The van der Waals surface area contributed by atoms with E-state index in [1.54, 1.807) is 0 Å². The Balaban J connectivity index is 0.000000404. The van der Waals surface area contributed by atoms with Gasteiger partial charge < -0.3 is 0 Å². The van der Waals surface area contributed by atoms with E-state index in [2.05, 4.69) is 11.8 Å². The first-order valence-electron chi connectivity index (χ1n) is 6.60. The van der Waals surface area contributed by atoms with Crippen molar-refractivity contribution in [3.05, 3.63) is 0 Å². The van der Waals surface area contributed by atoms with E-state index in [4.69, 9.17) is 0 Å². The van der Waals surface area contributed by atoms with Crippen LogP contribution in [0.5, 0.6) is 0 Å². The highest BCUT2D eigenvalue weighted by Gasteiger charge is 2.65. The van der Waals surface area contributed by atoms with E-state index in [0.717, 1.165) is 19.4 Å². The Morgan fingerprint density at radius 3 is 2.53 bits per heavy atom. The molecule has 2 aliphatic heterocycles. The van der Waals surface area contributed by atoms with E-state index in [9.17, 15) is 4.39 Å². The van der Waals surface area contributed by atoms with Gasteiger partial charge in [-0.05, 0) is 38.6 Å². The first kappa shape index (κ1) is 11.4. The minimum Gasteiger partial charge on any atom is -0.297 e. The van der Waals surface area contributed by atoms with Crippen LogP contribution in [0.1, 0.15) is 52.9 Å². The monoisotopic (exact) mass is 213 g/mol. The lowest BCUT2D eigenvalue weighted by atomic mass is 9.86. The van der Waals surface area contributed by atoms with Crippen LogP contribution in [0.4, 0.5) is 4.39 Å². The summed E-state index contributed by atoms with van der Waals surface area (Å²) in [6.45, 7) is 8.55. The second-order valence-corrected chi connectivity index (χ2v) is 5.31. The van der Waals surface area contributed by atoms with Crippen molar-refractivity contribution in [2.45, 2.75) is 64.6 Å². The molecule has 2 heteroatoms. The molecule has 0 amide bonds. The summed E-state index contributed by atoms with van der Waals surface area (Å²) in [5, 5.41) is 0. The predicted molar refractivity (Wildman–Crippen MR) is 61.7 cm³/mol. The Morgan fingerprint density at radius 2 is 2.07 bits per heavy atom. The maximum Gasteiger partial charge on any atom is 0.108 e. The molecule has 3 rings (SSSR count). The van der Waals surface area contributed by atoms with Crippen molar-refractivity contribution >= 4 is 0 Å². The third kappa shape index (κ3) is 1.52. The average Bonchev–Trinajstić information content (AvgIpc) is 2.62. The summed E-state index contributed by atoms with van der Waals surface area (Å²) in [7, 11) is 0. The van der Waals surface area contributed by atoms with Gasteiger partial charge in [0.15, 0.2) is 0 Å². The van der Waals surface area contributed by atoms with Crippen LogP contribution in [-0.4, -0.2) is 29.7 Å². The molecule has 1 aliphatic carbocycles. The number of hydrogen-bond acceptors (Lipinski definition) is 1. The van der Waals surface area contributed by atoms with Crippen molar-refractivity contribution < 1.29 is 4.39 Å². The molecule has 0 aromatic carbocycles. The minimum atomic E-state index is -0.471. The molecule has 0 radical (unpaired) electrons. The van der Waals surface area contributed by atoms with Gasteiger partial charge >= 0.3 is 0 Å². The zero-order valence-electron chi connectivity index (χ0n) is 10.4. The average molecular weight is 213 g/mol. The summed E-state index contributed by atoms with van der Waals surface area (Å²) >= 11 is 0. The van der Waals surface area contributed by atoms with Crippen LogP contribution in [0.3, 0.4) is 0 Å².